The van der Waals surface area contributed by atoms with Crippen molar-refractivity contribution in [3.8, 4) is 11.5 Å². The zero-order chi connectivity index (χ0) is 13.9. The minimum atomic E-state index is 0.404. The normalized spacial score (nSPS) is 11.2. The van der Waals surface area contributed by atoms with Crippen LogP contribution in [-0.2, 0) is 0 Å². The lowest BCUT2D eigenvalue weighted by molar-refractivity contribution is 0.865. The lowest BCUT2D eigenvalue weighted by Crippen LogP contribution is -1.95. The zero-order valence-electron chi connectivity index (χ0n) is 10.6. The first kappa shape index (κ1) is 12.4. The smallest absolute Gasteiger partial charge is 0.216 e. The Morgan fingerprint density at radius 3 is 2.95 bits per heavy atom. The molecule has 3 heterocycles. The Morgan fingerprint density at radius 1 is 1.35 bits per heavy atom. The van der Waals surface area contributed by atoms with Crippen LogP contribution < -0.4 is 0 Å². The summed E-state index contributed by atoms with van der Waals surface area (Å²) in [4.78, 5) is 4.02. The van der Waals surface area contributed by atoms with E-state index < -0.39 is 0 Å². The lowest BCUT2D eigenvalue weighted by Gasteiger charge is -1.96. The maximum atomic E-state index is 5.17. The second-order valence-electron chi connectivity index (χ2n) is 4.13. The second-order valence-corrected chi connectivity index (χ2v) is 4.52. The summed E-state index contributed by atoms with van der Waals surface area (Å²) in [5, 5.41) is 18.2. The number of pyridine rings is 1. The number of aryl methyl sites for hydroxylation is 1. The molecule has 100 valence electrons. The van der Waals surface area contributed by atoms with Crippen LogP contribution in [0.3, 0.4) is 0 Å². The molecule has 3 aromatic rings. The molecule has 2 N–H and O–H groups in total. The first-order valence-corrected chi connectivity index (χ1v) is 6.29. The van der Waals surface area contributed by atoms with Gasteiger partial charge in [0.25, 0.3) is 0 Å². The molecule has 0 radical (unpaired) electrons. The molecule has 0 saturated heterocycles. The molecule has 0 saturated carbocycles. The van der Waals surface area contributed by atoms with E-state index in [1.807, 2.05) is 25.1 Å². The molecule has 0 fully saturated rings. The topological polar surface area (TPSA) is 87.5 Å². The van der Waals surface area contributed by atoms with Crippen LogP contribution >= 0.6 is 12.2 Å². The maximum Gasteiger partial charge on any atom is 0.216 e. The van der Waals surface area contributed by atoms with Crippen LogP contribution in [0.2, 0.25) is 0 Å². The van der Waals surface area contributed by atoms with Gasteiger partial charge in [-0.2, -0.15) is 20.0 Å². The summed E-state index contributed by atoms with van der Waals surface area (Å²) in [5.74, 6) is 0.555. The number of rotatable bonds is 3. The number of H-pyrrole nitrogens is 2. The van der Waals surface area contributed by atoms with Gasteiger partial charge in [0.1, 0.15) is 5.69 Å². The minimum Gasteiger partial charge on any atom is -0.282 e. The molecule has 3 aromatic heterocycles. The van der Waals surface area contributed by atoms with Crippen LogP contribution in [0, 0.1) is 11.7 Å². The zero-order valence-corrected chi connectivity index (χ0v) is 11.4. The molecule has 7 nitrogen and oxygen atoms in total. The molecule has 0 aliphatic heterocycles. The molecule has 0 atom stereocenters. The van der Waals surface area contributed by atoms with Gasteiger partial charge in [0.05, 0.1) is 6.21 Å². The molecule has 20 heavy (non-hydrogen) atoms. The van der Waals surface area contributed by atoms with E-state index in [1.54, 1.807) is 18.6 Å². The number of nitrogens with one attached hydrogen (secondary N) is 2. The van der Waals surface area contributed by atoms with Crippen molar-refractivity contribution in [2.24, 2.45) is 5.10 Å². The Kier molecular flexibility index (Phi) is 3.21. The van der Waals surface area contributed by atoms with Crippen molar-refractivity contribution in [3.05, 3.63) is 46.6 Å². The molecule has 3 rings (SSSR count). The van der Waals surface area contributed by atoms with E-state index in [1.165, 1.54) is 4.68 Å². The summed E-state index contributed by atoms with van der Waals surface area (Å²) in [6, 6.07) is 5.62. The molecule has 0 aliphatic rings. The van der Waals surface area contributed by atoms with E-state index in [0.29, 0.717) is 16.3 Å². The van der Waals surface area contributed by atoms with Gasteiger partial charge in [-0.1, -0.05) is 6.07 Å². The van der Waals surface area contributed by atoms with Crippen LogP contribution in [0.5, 0.6) is 0 Å². The number of hydrogen-bond acceptors (Lipinski definition) is 5. The third-order valence-electron chi connectivity index (χ3n) is 2.59. The van der Waals surface area contributed by atoms with Crippen molar-refractivity contribution < 1.29 is 0 Å². The van der Waals surface area contributed by atoms with Crippen molar-refractivity contribution in [1.82, 2.24) is 30.1 Å². The van der Waals surface area contributed by atoms with Gasteiger partial charge < -0.3 is 0 Å². The highest BCUT2D eigenvalue weighted by molar-refractivity contribution is 7.71. The molecular weight excluding hydrogens is 274 g/mol. The molecule has 0 amide bonds. The Hall–Kier alpha value is -2.61. The molecule has 0 spiro atoms. The van der Waals surface area contributed by atoms with Crippen molar-refractivity contribution in [2.45, 2.75) is 6.92 Å². The average Bonchev–Trinajstić information content (AvgIpc) is 3.04. The summed E-state index contributed by atoms with van der Waals surface area (Å²) in [6.07, 6.45) is 5.09. The van der Waals surface area contributed by atoms with Gasteiger partial charge in [-0.3, -0.25) is 10.1 Å². The Balaban J connectivity index is 2.00. The Labute approximate surface area is 119 Å². The monoisotopic (exact) mass is 285 g/mol. The molecule has 0 aliphatic carbocycles. The van der Waals surface area contributed by atoms with Crippen molar-refractivity contribution >= 4 is 18.4 Å². The van der Waals surface area contributed by atoms with E-state index in [-0.39, 0.29) is 0 Å². The van der Waals surface area contributed by atoms with Gasteiger partial charge in [-0.25, -0.2) is 5.10 Å². The number of aromatic nitrogens is 6. The largest absolute Gasteiger partial charge is 0.282 e. The van der Waals surface area contributed by atoms with Crippen LogP contribution in [0.4, 0.5) is 0 Å². The summed E-state index contributed by atoms with van der Waals surface area (Å²) >= 11 is 5.17. The lowest BCUT2D eigenvalue weighted by atomic mass is 10.3. The van der Waals surface area contributed by atoms with E-state index in [4.69, 9.17) is 12.2 Å². The van der Waals surface area contributed by atoms with E-state index in [9.17, 15) is 0 Å². The minimum absolute atomic E-state index is 0.404. The van der Waals surface area contributed by atoms with Gasteiger partial charge in [0.2, 0.25) is 10.6 Å². The highest BCUT2D eigenvalue weighted by Gasteiger charge is 2.10. The van der Waals surface area contributed by atoms with Crippen LogP contribution in [-0.4, -0.2) is 36.3 Å². The first-order chi connectivity index (χ1) is 9.74. The maximum absolute atomic E-state index is 5.17. The summed E-state index contributed by atoms with van der Waals surface area (Å²) in [5.41, 5.74) is 2.50. The standard InChI is InChI=1S/C12H11N7S/c1-8-5-10(16-15-8)11-17-18-12(20)19(11)14-7-9-3-2-4-13-6-9/h2-7H,1H3,(H,15,16)(H,18,20). The van der Waals surface area contributed by atoms with E-state index in [0.717, 1.165) is 11.3 Å². The first-order valence-electron chi connectivity index (χ1n) is 5.88. The van der Waals surface area contributed by atoms with Gasteiger partial charge in [-0.15, -0.1) is 0 Å². The number of nitrogens with zero attached hydrogens (tertiary/aromatic N) is 5. The molecule has 0 aromatic carbocycles. The number of aromatic amines is 2. The van der Waals surface area contributed by atoms with Crippen LogP contribution in [0.15, 0.2) is 35.7 Å². The third-order valence-corrected chi connectivity index (χ3v) is 2.86. The summed E-state index contributed by atoms with van der Waals surface area (Å²) in [7, 11) is 0. The van der Waals surface area contributed by atoms with Crippen LogP contribution in [0.25, 0.3) is 11.5 Å². The van der Waals surface area contributed by atoms with E-state index >= 15 is 0 Å². The molecular formula is C12H11N7S. The SMILES string of the molecule is Cc1cc(-c2n[nH]c(=S)n2N=Cc2cccnc2)n[nH]1. The van der Waals surface area contributed by atoms with Crippen molar-refractivity contribution in [2.75, 3.05) is 0 Å². The van der Waals surface area contributed by atoms with Crippen LogP contribution in [0.1, 0.15) is 11.3 Å². The summed E-state index contributed by atoms with van der Waals surface area (Å²) in [6.45, 7) is 1.92. The third kappa shape index (κ3) is 2.41. The predicted octanol–water partition coefficient (Wildman–Crippen LogP) is 1.92. The highest BCUT2D eigenvalue weighted by atomic mass is 32.1. The quantitative estimate of drug-likeness (QED) is 0.568. The highest BCUT2D eigenvalue weighted by Crippen LogP contribution is 2.15. The molecule has 0 unspecified atom stereocenters. The van der Waals surface area contributed by atoms with Gasteiger partial charge in [-0.05, 0) is 31.3 Å². The Morgan fingerprint density at radius 2 is 2.25 bits per heavy atom. The van der Waals surface area contributed by atoms with E-state index in [2.05, 4.69) is 30.5 Å². The Bertz CT molecular complexity index is 797. The van der Waals surface area contributed by atoms with Crippen molar-refractivity contribution in [1.29, 1.82) is 0 Å². The fraction of sp³-hybridized carbons (Fsp3) is 0.0833. The predicted molar refractivity (Wildman–Crippen MR) is 77.0 cm³/mol. The van der Waals surface area contributed by atoms with Crippen molar-refractivity contribution in [3.63, 3.8) is 0 Å². The average molecular weight is 285 g/mol. The fourth-order valence-electron chi connectivity index (χ4n) is 1.67. The number of hydrogen-bond donors (Lipinski definition) is 2. The molecule has 0 bridgehead atoms. The van der Waals surface area contributed by atoms with Gasteiger partial charge >= 0.3 is 0 Å². The molecule has 8 heteroatoms. The fourth-order valence-corrected chi connectivity index (χ4v) is 1.85. The van der Waals surface area contributed by atoms with Gasteiger partial charge in [0.15, 0.2) is 0 Å². The van der Waals surface area contributed by atoms with Gasteiger partial charge in [0, 0.05) is 23.7 Å². The second kappa shape index (κ2) is 5.17. The summed E-state index contributed by atoms with van der Waals surface area (Å²) < 4.78 is 1.93.